The van der Waals surface area contributed by atoms with Crippen LogP contribution in [0.1, 0.15) is 0 Å². The summed E-state index contributed by atoms with van der Waals surface area (Å²) in [7, 11) is 0. The molecule has 13 rings (SSSR count). The fraction of sp³-hybridized carbons (Fsp3) is 0. The lowest BCUT2D eigenvalue weighted by atomic mass is 9.95. The largest absolute Gasteiger partial charge is 0.455 e. The van der Waals surface area contributed by atoms with Gasteiger partial charge in [-0.1, -0.05) is 146 Å². The lowest BCUT2D eigenvalue weighted by Gasteiger charge is -2.29. The van der Waals surface area contributed by atoms with Crippen LogP contribution in [0.4, 0.5) is 17.1 Å². The molecule has 0 saturated heterocycles. The molecule has 10 aromatic carbocycles. The van der Waals surface area contributed by atoms with E-state index in [-0.39, 0.29) is 0 Å². The summed E-state index contributed by atoms with van der Waals surface area (Å²) >= 11 is 1.86. The zero-order valence-corrected chi connectivity index (χ0v) is 34.3. The van der Waals surface area contributed by atoms with Crippen LogP contribution in [0, 0.1) is 0 Å². The first-order valence-corrected chi connectivity index (χ1v) is 21.9. The van der Waals surface area contributed by atoms with Gasteiger partial charge in [-0.25, -0.2) is 0 Å². The van der Waals surface area contributed by atoms with E-state index in [0.717, 1.165) is 66.6 Å². The molecule has 0 aliphatic carbocycles. The summed E-state index contributed by atoms with van der Waals surface area (Å²) in [5.41, 5.74) is 13.2. The molecular weight excluding hydrogens is 773 g/mol. The maximum atomic E-state index is 6.83. The van der Waals surface area contributed by atoms with Gasteiger partial charge in [0.1, 0.15) is 11.2 Å². The number of hydrogen-bond donors (Lipinski definition) is 0. The summed E-state index contributed by atoms with van der Waals surface area (Å²) in [6.45, 7) is 0. The SMILES string of the molecule is c1ccc(-n2c3ccccc3c3c(-c4cccc(N(c5ccccc5-c5cccc6sc7ccccc7c56)c5cccc6oc7c8ccccc8ccc7c56)c4)cccc32)cc1. The molecule has 0 atom stereocenters. The molecule has 0 spiro atoms. The summed E-state index contributed by atoms with van der Waals surface area (Å²) in [5.74, 6) is 0. The Labute approximate surface area is 361 Å². The van der Waals surface area contributed by atoms with Crippen LogP contribution in [0.2, 0.25) is 0 Å². The number of rotatable bonds is 6. The summed E-state index contributed by atoms with van der Waals surface area (Å²) in [5, 5.41) is 9.49. The Hall–Kier alpha value is -7.92. The highest BCUT2D eigenvalue weighted by Crippen LogP contribution is 2.50. The molecule has 0 amide bonds. The molecule has 0 saturated carbocycles. The van der Waals surface area contributed by atoms with Crippen molar-refractivity contribution in [1.29, 1.82) is 0 Å². The number of thiophene rings is 1. The van der Waals surface area contributed by atoms with Gasteiger partial charge < -0.3 is 13.9 Å². The second-order valence-electron chi connectivity index (χ2n) is 16.0. The number of aromatic nitrogens is 1. The molecule has 0 bridgehead atoms. The third kappa shape index (κ3) is 5.24. The van der Waals surface area contributed by atoms with Gasteiger partial charge in [-0.3, -0.25) is 0 Å². The minimum atomic E-state index is 0.858. The molecular formula is C58H36N2OS. The third-order valence-corrected chi connectivity index (χ3v) is 13.7. The van der Waals surface area contributed by atoms with Crippen LogP contribution in [0.25, 0.3) is 103 Å². The zero-order valence-electron chi connectivity index (χ0n) is 33.5. The first kappa shape index (κ1) is 34.9. The molecule has 0 fully saturated rings. The Morgan fingerprint density at radius 2 is 1.08 bits per heavy atom. The van der Waals surface area contributed by atoms with Gasteiger partial charge in [0.2, 0.25) is 0 Å². The van der Waals surface area contributed by atoms with Crippen LogP contribution in [-0.2, 0) is 0 Å². The zero-order chi connectivity index (χ0) is 40.7. The second-order valence-corrected chi connectivity index (χ2v) is 17.1. The van der Waals surface area contributed by atoms with Gasteiger partial charge in [-0.05, 0) is 94.9 Å². The van der Waals surface area contributed by atoms with Crippen LogP contribution < -0.4 is 4.90 Å². The van der Waals surface area contributed by atoms with E-state index in [9.17, 15) is 0 Å². The molecule has 4 heteroatoms. The van der Waals surface area contributed by atoms with Crippen LogP contribution >= 0.6 is 11.3 Å². The van der Waals surface area contributed by atoms with E-state index in [1.165, 1.54) is 53.1 Å². The highest BCUT2D eigenvalue weighted by Gasteiger charge is 2.25. The van der Waals surface area contributed by atoms with Crippen molar-refractivity contribution in [3.05, 3.63) is 218 Å². The lowest BCUT2D eigenvalue weighted by molar-refractivity contribution is 0.672. The van der Waals surface area contributed by atoms with E-state index < -0.39 is 0 Å². The molecule has 290 valence electrons. The van der Waals surface area contributed by atoms with Crippen LogP contribution in [-0.4, -0.2) is 4.57 Å². The standard InChI is InChI=1S/C58H36N2OS/c1-2-18-39(19-3-1)59-49-28-10-7-23-45(49)55-41(25-13-29-50(55)59)38-17-12-20-40(36-38)60(51-30-15-31-52-57(51)47-35-34-37-16-4-5-21-42(37)58(47)61-52)48-27-9-6-22-43(48)44-26-14-33-54-56(44)46-24-8-11-32-53(46)62-54/h1-36H. The predicted octanol–water partition coefficient (Wildman–Crippen LogP) is 17.0. The molecule has 13 aromatic rings. The van der Waals surface area contributed by atoms with Crippen molar-refractivity contribution in [2.45, 2.75) is 0 Å². The van der Waals surface area contributed by atoms with E-state index in [2.05, 4.69) is 228 Å². The summed E-state index contributed by atoms with van der Waals surface area (Å²) in [6, 6.07) is 79.2. The minimum Gasteiger partial charge on any atom is -0.455 e. The number of para-hydroxylation sites is 3. The number of fused-ring (bicyclic) bond motifs is 11. The number of hydrogen-bond acceptors (Lipinski definition) is 3. The topological polar surface area (TPSA) is 21.3 Å². The highest BCUT2D eigenvalue weighted by atomic mass is 32.1. The van der Waals surface area contributed by atoms with Gasteiger partial charge in [-0.2, -0.15) is 0 Å². The van der Waals surface area contributed by atoms with Gasteiger partial charge in [0.05, 0.1) is 27.8 Å². The van der Waals surface area contributed by atoms with Crippen molar-refractivity contribution < 1.29 is 4.42 Å². The Morgan fingerprint density at radius 1 is 0.403 bits per heavy atom. The smallest absolute Gasteiger partial charge is 0.143 e. The normalized spacial score (nSPS) is 11.9. The molecule has 3 heterocycles. The fourth-order valence-corrected chi connectivity index (χ4v) is 11.1. The highest BCUT2D eigenvalue weighted by molar-refractivity contribution is 7.25. The van der Waals surface area contributed by atoms with Gasteiger partial charge >= 0.3 is 0 Å². The maximum Gasteiger partial charge on any atom is 0.143 e. The summed E-state index contributed by atoms with van der Waals surface area (Å²) in [4.78, 5) is 2.46. The third-order valence-electron chi connectivity index (χ3n) is 12.6. The molecule has 0 radical (unpaired) electrons. The maximum absolute atomic E-state index is 6.83. The van der Waals surface area contributed by atoms with E-state index in [1.807, 2.05) is 11.3 Å². The van der Waals surface area contributed by atoms with Gasteiger partial charge in [-0.15, -0.1) is 11.3 Å². The van der Waals surface area contributed by atoms with Crippen molar-refractivity contribution in [2.24, 2.45) is 0 Å². The van der Waals surface area contributed by atoms with Crippen LogP contribution in [0.15, 0.2) is 223 Å². The van der Waals surface area contributed by atoms with Gasteiger partial charge in [0, 0.05) is 58.7 Å². The first-order chi connectivity index (χ1) is 30.8. The molecule has 0 N–H and O–H groups in total. The summed E-state index contributed by atoms with van der Waals surface area (Å²) < 4.78 is 11.8. The minimum absolute atomic E-state index is 0.858. The monoisotopic (exact) mass is 808 g/mol. The number of furan rings is 1. The predicted molar refractivity (Wildman–Crippen MR) is 264 cm³/mol. The number of anilines is 3. The Morgan fingerprint density at radius 3 is 2.02 bits per heavy atom. The van der Waals surface area contributed by atoms with Crippen molar-refractivity contribution in [2.75, 3.05) is 4.90 Å². The Kier molecular flexibility index (Phi) is 7.78. The summed E-state index contributed by atoms with van der Waals surface area (Å²) in [6.07, 6.45) is 0. The average Bonchev–Trinajstić information content (AvgIpc) is 4.03. The number of benzene rings is 10. The Bertz CT molecular complexity index is 3890. The van der Waals surface area contributed by atoms with Crippen molar-refractivity contribution >= 4 is 103 Å². The average molecular weight is 809 g/mol. The van der Waals surface area contributed by atoms with Crippen molar-refractivity contribution in [3.8, 4) is 27.9 Å². The van der Waals surface area contributed by atoms with E-state index in [1.54, 1.807) is 0 Å². The van der Waals surface area contributed by atoms with Crippen LogP contribution in [0.5, 0.6) is 0 Å². The van der Waals surface area contributed by atoms with E-state index >= 15 is 0 Å². The molecule has 3 aromatic heterocycles. The molecule has 0 aliphatic heterocycles. The van der Waals surface area contributed by atoms with Crippen LogP contribution in [0.3, 0.4) is 0 Å². The second kappa shape index (κ2) is 13.8. The van der Waals surface area contributed by atoms with Gasteiger partial charge in [0.25, 0.3) is 0 Å². The molecule has 62 heavy (non-hydrogen) atoms. The fourth-order valence-electron chi connectivity index (χ4n) is 9.95. The quantitative estimate of drug-likeness (QED) is 0.167. The Balaban J connectivity index is 1.09. The molecule has 3 nitrogen and oxygen atoms in total. The molecule has 0 unspecified atom stereocenters. The molecule has 0 aliphatic rings. The number of nitrogens with zero attached hydrogens (tertiary/aromatic N) is 2. The van der Waals surface area contributed by atoms with Crippen molar-refractivity contribution in [1.82, 2.24) is 4.57 Å². The van der Waals surface area contributed by atoms with E-state index in [0.29, 0.717) is 0 Å². The first-order valence-electron chi connectivity index (χ1n) is 21.1. The van der Waals surface area contributed by atoms with E-state index in [4.69, 9.17) is 4.42 Å². The van der Waals surface area contributed by atoms with Gasteiger partial charge in [0.15, 0.2) is 0 Å². The van der Waals surface area contributed by atoms with Crippen molar-refractivity contribution in [3.63, 3.8) is 0 Å². The lowest BCUT2D eigenvalue weighted by Crippen LogP contribution is -2.11.